The highest BCUT2D eigenvalue weighted by Crippen LogP contribution is 2.21. The van der Waals surface area contributed by atoms with Gasteiger partial charge in [0.25, 0.3) is 0 Å². The van der Waals surface area contributed by atoms with Gasteiger partial charge in [-0.25, -0.2) is 4.79 Å². The first-order valence-electron chi connectivity index (χ1n) is 11.5. The van der Waals surface area contributed by atoms with Crippen molar-refractivity contribution in [2.24, 2.45) is 14.1 Å². The highest BCUT2D eigenvalue weighted by molar-refractivity contribution is 5.78. The molecule has 1 amide bonds. The van der Waals surface area contributed by atoms with E-state index in [2.05, 4.69) is 5.32 Å². The Labute approximate surface area is 193 Å². The summed E-state index contributed by atoms with van der Waals surface area (Å²) >= 11 is 0. The maximum atomic E-state index is 12.1. The molecular formula is C25H32N4O4. The van der Waals surface area contributed by atoms with E-state index in [1.54, 1.807) is 23.2 Å². The number of rotatable bonds is 10. The zero-order chi connectivity index (χ0) is 23.4. The number of likely N-dealkylation sites (tertiary alicyclic amines) is 1. The molecule has 1 saturated heterocycles. The van der Waals surface area contributed by atoms with E-state index in [1.165, 1.54) is 0 Å². The van der Waals surface area contributed by atoms with Crippen LogP contribution in [0.4, 0.5) is 0 Å². The molecule has 2 heterocycles. The Bertz CT molecular complexity index is 1170. The lowest BCUT2D eigenvalue weighted by Gasteiger charge is -2.15. The van der Waals surface area contributed by atoms with Crippen LogP contribution in [0.3, 0.4) is 0 Å². The Kier molecular flexibility index (Phi) is 7.15. The van der Waals surface area contributed by atoms with E-state index < -0.39 is 6.10 Å². The molecule has 0 spiro atoms. The van der Waals surface area contributed by atoms with Crippen molar-refractivity contribution in [3.8, 4) is 5.75 Å². The van der Waals surface area contributed by atoms with Crippen molar-refractivity contribution in [3.05, 3.63) is 64.1 Å². The van der Waals surface area contributed by atoms with Crippen LogP contribution >= 0.6 is 0 Å². The number of hydrogen-bond donors (Lipinski definition) is 2. The summed E-state index contributed by atoms with van der Waals surface area (Å²) in [5.74, 6) is 0.973. The van der Waals surface area contributed by atoms with Crippen molar-refractivity contribution in [2.45, 2.75) is 31.9 Å². The molecule has 8 nitrogen and oxygen atoms in total. The van der Waals surface area contributed by atoms with E-state index in [0.29, 0.717) is 17.7 Å². The van der Waals surface area contributed by atoms with E-state index in [-0.39, 0.29) is 18.2 Å². The van der Waals surface area contributed by atoms with Crippen molar-refractivity contribution in [2.75, 3.05) is 26.2 Å². The normalized spacial score (nSPS) is 14.9. The summed E-state index contributed by atoms with van der Waals surface area (Å²) in [7, 11) is 3.46. The number of benzene rings is 2. The van der Waals surface area contributed by atoms with Gasteiger partial charge in [0, 0.05) is 40.2 Å². The van der Waals surface area contributed by atoms with E-state index in [4.69, 9.17) is 4.74 Å². The van der Waals surface area contributed by atoms with Crippen molar-refractivity contribution in [3.63, 3.8) is 0 Å². The summed E-state index contributed by atoms with van der Waals surface area (Å²) < 4.78 is 8.94. The quantitative estimate of drug-likeness (QED) is 0.460. The van der Waals surface area contributed by atoms with Gasteiger partial charge in [-0.2, -0.15) is 0 Å². The number of hydrogen-bond acceptors (Lipinski definition) is 5. The molecule has 2 N–H and O–H groups in total. The number of nitrogens with zero attached hydrogens (tertiary/aromatic N) is 3. The third-order valence-corrected chi connectivity index (χ3v) is 6.29. The first-order valence-corrected chi connectivity index (χ1v) is 11.5. The minimum Gasteiger partial charge on any atom is -0.491 e. The van der Waals surface area contributed by atoms with Crippen LogP contribution in [0.1, 0.15) is 36.5 Å². The molecule has 0 bridgehead atoms. The zero-order valence-electron chi connectivity index (χ0n) is 19.3. The Morgan fingerprint density at radius 1 is 1.06 bits per heavy atom. The van der Waals surface area contributed by atoms with Crippen molar-refractivity contribution >= 4 is 16.9 Å². The van der Waals surface area contributed by atoms with Gasteiger partial charge in [-0.3, -0.25) is 13.9 Å². The lowest BCUT2D eigenvalue weighted by molar-refractivity contribution is -0.127. The van der Waals surface area contributed by atoms with E-state index in [1.807, 2.05) is 47.4 Å². The molecule has 1 atom stereocenters. The Balaban J connectivity index is 1.23. The van der Waals surface area contributed by atoms with Crippen LogP contribution in [0.25, 0.3) is 11.0 Å². The molecular weight excluding hydrogens is 420 g/mol. The predicted octanol–water partition coefficient (Wildman–Crippen LogP) is 2.09. The number of aliphatic hydroxyl groups is 1. The van der Waals surface area contributed by atoms with Gasteiger partial charge in [0.15, 0.2) is 0 Å². The third-order valence-electron chi connectivity index (χ3n) is 6.29. The number of aliphatic hydroxyl groups excluding tert-OH is 1. The first-order chi connectivity index (χ1) is 15.9. The predicted molar refractivity (Wildman–Crippen MR) is 127 cm³/mol. The Morgan fingerprint density at radius 2 is 1.82 bits per heavy atom. The molecule has 1 fully saturated rings. The topological polar surface area (TPSA) is 88.7 Å². The van der Waals surface area contributed by atoms with Crippen LogP contribution in [0.2, 0.25) is 0 Å². The molecule has 0 saturated carbocycles. The molecule has 8 heteroatoms. The number of carbonyl (C=O) groups is 1. The number of nitrogens with one attached hydrogen (secondary N) is 1. The van der Waals surface area contributed by atoms with Crippen molar-refractivity contribution in [1.29, 1.82) is 0 Å². The van der Waals surface area contributed by atoms with Gasteiger partial charge in [0.05, 0.1) is 11.0 Å². The summed E-state index contributed by atoms with van der Waals surface area (Å²) in [5.41, 5.74) is 3.37. The minimum atomic E-state index is -0.798. The largest absolute Gasteiger partial charge is 0.491 e. The number of ether oxygens (including phenoxy) is 1. The van der Waals surface area contributed by atoms with Gasteiger partial charge in [-0.05, 0) is 54.8 Å². The zero-order valence-corrected chi connectivity index (χ0v) is 19.3. The van der Waals surface area contributed by atoms with Crippen molar-refractivity contribution in [1.82, 2.24) is 19.4 Å². The van der Waals surface area contributed by atoms with Gasteiger partial charge >= 0.3 is 5.69 Å². The average molecular weight is 453 g/mol. The van der Waals surface area contributed by atoms with Crippen LogP contribution < -0.4 is 15.7 Å². The minimum absolute atomic E-state index is 0.0934. The molecule has 4 rings (SSSR count). The fraction of sp³-hybridized carbons (Fsp3) is 0.440. The molecule has 0 aliphatic carbocycles. The fourth-order valence-electron chi connectivity index (χ4n) is 4.27. The maximum absolute atomic E-state index is 12.1. The standard InChI is InChI=1S/C25H32N4O4/c1-27-21-11-8-19(15-22(21)28(2)25(27)32)23(30)17-33-20-9-6-18(7-10-20)16-26-12-4-14-29-13-3-5-24(29)31/h6-11,15,23,26,30H,3-5,12-14,16-17H2,1-2H3/t23-/m1/s1. The number of imidazole rings is 1. The molecule has 3 aromatic rings. The highest BCUT2D eigenvalue weighted by Gasteiger charge is 2.18. The Morgan fingerprint density at radius 3 is 2.55 bits per heavy atom. The number of aryl methyl sites for hydroxylation is 2. The Hall–Kier alpha value is -3.10. The van der Waals surface area contributed by atoms with Gasteiger partial charge in [0.1, 0.15) is 18.5 Å². The number of fused-ring (bicyclic) bond motifs is 1. The summed E-state index contributed by atoms with van der Waals surface area (Å²) in [5, 5.41) is 14.0. The molecule has 1 aliphatic rings. The second-order valence-corrected chi connectivity index (χ2v) is 8.63. The van der Waals surface area contributed by atoms with Crippen LogP contribution in [0.15, 0.2) is 47.3 Å². The summed E-state index contributed by atoms with van der Waals surface area (Å²) in [6, 6.07) is 13.3. The SMILES string of the molecule is Cn1c(=O)n(C)c2cc([C@H](O)COc3ccc(CNCCCN4CCCC4=O)cc3)ccc21. The molecule has 176 valence electrons. The number of carbonyl (C=O) groups excluding carboxylic acids is 1. The second-order valence-electron chi connectivity index (χ2n) is 8.63. The lowest BCUT2D eigenvalue weighted by Crippen LogP contribution is -2.28. The lowest BCUT2D eigenvalue weighted by atomic mass is 10.1. The van der Waals surface area contributed by atoms with Gasteiger partial charge in [-0.15, -0.1) is 0 Å². The van der Waals surface area contributed by atoms with Gasteiger partial charge in [-0.1, -0.05) is 18.2 Å². The monoisotopic (exact) mass is 452 g/mol. The average Bonchev–Trinajstić information content (AvgIpc) is 3.34. The molecule has 0 radical (unpaired) electrons. The van der Waals surface area contributed by atoms with Crippen molar-refractivity contribution < 1.29 is 14.6 Å². The van der Waals surface area contributed by atoms with E-state index >= 15 is 0 Å². The highest BCUT2D eigenvalue weighted by atomic mass is 16.5. The van der Waals surface area contributed by atoms with Crippen LogP contribution in [0.5, 0.6) is 5.75 Å². The molecule has 33 heavy (non-hydrogen) atoms. The van der Waals surface area contributed by atoms with E-state index in [0.717, 1.165) is 55.6 Å². The van der Waals surface area contributed by atoms with Gasteiger partial charge in [0.2, 0.25) is 5.91 Å². The number of amides is 1. The fourth-order valence-corrected chi connectivity index (χ4v) is 4.27. The number of aromatic nitrogens is 2. The van der Waals surface area contributed by atoms with Crippen LogP contribution in [-0.2, 0) is 25.4 Å². The second kappa shape index (κ2) is 10.2. The maximum Gasteiger partial charge on any atom is 0.328 e. The summed E-state index contributed by atoms with van der Waals surface area (Å²) in [6.45, 7) is 3.47. The molecule has 0 unspecified atom stereocenters. The molecule has 1 aromatic heterocycles. The van der Waals surface area contributed by atoms with Crippen LogP contribution in [0, 0.1) is 0 Å². The first kappa shape index (κ1) is 23.1. The molecule has 1 aliphatic heterocycles. The van der Waals surface area contributed by atoms with Gasteiger partial charge < -0.3 is 20.1 Å². The third kappa shape index (κ3) is 5.29. The van der Waals surface area contributed by atoms with Crippen LogP contribution in [-0.4, -0.2) is 51.3 Å². The van der Waals surface area contributed by atoms with E-state index in [9.17, 15) is 14.7 Å². The summed E-state index contributed by atoms with van der Waals surface area (Å²) in [6.07, 6.45) is 1.84. The summed E-state index contributed by atoms with van der Waals surface area (Å²) in [4.78, 5) is 25.6. The molecule has 2 aromatic carbocycles. The smallest absolute Gasteiger partial charge is 0.328 e.